The van der Waals surface area contributed by atoms with Crippen LogP contribution in [0.25, 0.3) is 0 Å². The van der Waals surface area contributed by atoms with Crippen molar-refractivity contribution >= 4 is 5.78 Å². The topological polar surface area (TPSA) is 29.5 Å². The number of carbonyl (C=O) groups is 1. The van der Waals surface area contributed by atoms with Crippen molar-refractivity contribution in [1.29, 1.82) is 0 Å². The largest absolute Gasteiger partial charge is 0.384 e. The Balaban J connectivity index is 1.81. The smallest absolute Gasteiger partial charge is 0.151 e. The normalized spacial score (nSPS) is 19.8. The number of nitrogens with zero attached hydrogens (tertiary/aromatic N) is 1. The summed E-state index contributed by atoms with van der Waals surface area (Å²) in [5.41, 5.74) is 0.486. The Labute approximate surface area is 113 Å². The number of ketones is 1. The van der Waals surface area contributed by atoms with Crippen LogP contribution in [0.2, 0.25) is 0 Å². The number of ether oxygens (including phenoxy) is 1. The van der Waals surface area contributed by atoms with Gasteiger partial charge in [0.2, 0.25) is 0 Å². The van der Waals surface area contributed by atoms with E-state index in [-0.39, 0.29) is 18.0 Å². The quantitative estimate of drug-likeness (QED) is 0.787. The number of likely N-dealkylation sites (tertiary alicyclic amines) is 1. The van der Waals surface area contributed by atoms with Crippen molar-refractivity contribution in [2.75, 3.05) is 33.4 Å². The zero-order valence-electron chi connectivity index (χ0n) is 11.3. The van der Waals surface area contributed by atoms with Crippen LogP contribution in [0.5, 0.6) is 0 Å². The van der Waals surface area contributed by atoms with Crippen molar-refractivity contribution in [3.05, 3.63) is 35.6 Å². The van der Waals surface area contributed by atoms with Crippen molar-refractivity contribution in [1.82, 2.24) is 4.90 Å². The minimum Gasteiger partial charge on any atom is -0.384 e. The lowest BCUT2D eigenvalue weighted by Crippen LogP contribution is -2.29. The molecule has 0 saturated carbocycles. The highest BCUT2D eigenvalue weighted by molar-refractivity contribution is 5.82. The van der Waals surface area contributed by atoms with E-state index < -0.39 is 0 Å². The SMILES string of the molecule is COCC1CCN(CC(=O)Cc2ccccc2F)C1. The maximum Gasteiger partial charge on any atom is 0.151 e. The van der Waals surface area contributed by atoms with Crippen molar-refractivity contribution < 1.29 is 13.9 Å². The standard InChI is InChI=1S/C15H20FNO2/c1-19-11-12-6-7-17(9-12)10-14(18)8-13-4-2-3-5-15(13)16/h2-5,12H,6-11H2,1H3. The minimum absolute atomic E-state index is 0.0724. The molecule has 3 nitrogen and oxygen atoms in total. The molecule has 1 unspecified atom stereocenters. The molecule has 0 N–H and O–H groups in total. The van der Waals surface area contributed by atoms with E-state index >= 15 is 0 Å². The van der Waals surface area contributed by atoms with Crippen LogP contribution < -0.4 is 0 Å². The summed E-state index contributed by atoms with van der Waals surface area (Å²) in [7, 11) is 1.70. The molecule has 4 heteroatoms. The molecule has 0 radical (unpaired) electrons. The summed E-state index contributed by atoms with van der Waals surface area (Å²) in [5, 5.41) is 0. The molecule has 1 aromatic carbocycles. The summed E-state index contributed by atoms with van der Waals surface area (Å²) in [6.45, 7) is 2.99. The number of halogens is 1. The Morgan fingerprint density at radius 2 is 2.26 bits per heavy atom. The second-order valence-corrected chi connectivity index (χ2v) is 5.15. The third-order valence-corrected chi connectivity index (χ3v) is 3.52. The molecule has 1 aliphatic heterocycles. The first kappa shape index (κ1) is 14.2. The van der Waals surface area contributed by atoms with Crippen LogP contribution in [0.3, 0.4) is 0 Å². The average molecular weight is 265 g/mol. The first-order chi connectivity index (χ1) is 9.19. The molecule has 104 valence electrons. The van der Waals surface area contributed by atoms with Gasteiger partial charge in [0.05, 0.1) is 13.2 Å². The summed E-state index contributed by atoms with van der Waals surface area (Å²) >= 11 is 0. The van der Waals surface area contributed by atoms with Crippen molar-refractivity contribution in [2.45, 2.75) is 12.8 Å². The van der Waals surface area contributed by atoms with Gasteiger partial charge in [-0.25, -0.2) is 4.39 Å². The fourth-order valence-corrected chi connectivity index (χ4v) is 2.59. The highest BCUT2D eigenvalue weighted by Crippen LogP contribution is 2.16. The Morgan fingerprint density at radius 1 is 1.47 bits per heavy atom. The Bertz CT molecular complexity index is 436. The Hall–Kier alpha value is -1.26. The first-order valence-electron chi connectivity index (χ1n) is 6.65. The highest BCUT2D eigenvalue weighted by Gasteiger charge is 2.23. The molecule has 1 atom stereocenters. The van der Waals surface area contributed by atoms with E-state index in [2.05, 4.69) is 4.90 Å². The predicted molar refractivity (Wildman–Crippen MR) is 71.5 cm³/mol. The van der Waals surface area contributed by atoms with E-state index in [0.29, 0.717) is 18.0 Å². The molecular formula is C15H20FNO2. The van der Waals surface area contributed by atoms with Crippen LogP contribution in [0.1, 0.15) is 12.0 Å². The summed E-state index contributed by atoms with van der Waals surface area (Å²) < 4.78 is 18.6. The van der Waals surface area contributed by atoms with Crippen LogP contribution in [0.15, 0.2) is 24.3 Å². The van der Waals surface area contributed by atoms with Crippen molar-refractivity contribution in [3.63, 3.8) is 0 Å². The molecular weight excluding hydrogens is 245 g/mol. The summed E-state index contributed by atoms with van der Waals surface area (Å²) in [4.78, 5) is 14.1. The predicted octanol–water partition coefficient (Wildman–Crippen LogP) is 1.91. The zero-order chi connectivity index (χ0) is 13.7. The Morgan fingerprint density at radius 3 is 3.00 bits per heavy atom. The molecule has 0 aliphatic carbocycles. The van der Waals surface area contributed by atoms with Gasteiger partial charge in [0.15, 0.2) is 5.78 Å². The van der Waals surface area contributed by atoms with Gasteiger partial charge in [0, 0.05) is 20.1 Å². The maximum absolute atomic E-state index is 13.4. The number of hydrogen-bond acceptors (Lipinski definition) is 3. The second kappa shape index (κ2) is 6.78. The van der Waals surface area contributed by atoms with Gasteiger partial charge in [0.25, 0.3) is 0 Å². The van der Waals surface area contributed by atoms with E-state index in [9.17, 15) is 9.18 Å². The van der Waals surface area contributed by atoms with E-state index in [1.807, 2.05) is 0 Å². The fraction of sp³-hybridized carbons (Fsp3) is 0.533. The molecule has 1 heterocycles. The number of rotatable bonds is 6. The molecule has 0 spiro atoms. The number of Topliss-reactive ketones (excluding diaryl/α,β-unsaturated/α-hetero) is 1. The van der Waals surface area contributed by atoms with Crippen molar-refractivity contribution in [3.8, 4) is 0 Å². The highest BCUT2D eigenvalue weighted by atomic mass is 19.1. The van der Waals surface area contributed by atoms with Gasteiger partial charge in [-0.1, -0.05) is 18.2 Å². The van der Waals surface area contributed by atoms with Gasteiger partial charge in [-0.3, -0.25) is 9.69 Å². The number of hydrogen-bond donors (Lipinski definition) is 0. The fourth-order valence-electron chi connectivity index (χ4n) is 2.59. The van der Waals surface area contributed by atoms with Crippen LogP contribution in [-0.4, -0.2) is 44.0 Å². The number of benzene rings is 1. The third kappa shape index (κ3) is 4.11. The van der Waals surface area contributed by atoms with Gasteiger partial charge >= 0.3 is 0 Å². The van der Waals surface area contributed by atoms with E-state index in [4.69, 9.17) is 4.74 Å². The summed E-state index contributed by atoms with van der Waals surface area (Å²) in [6.07, 6.45) is 1.25. The monoisotopic (exact) mass is 265 g/mol. The first-order valence-corrected chi connectivity index (χ1v) is 6.65. The average Bonchev–Trinajstić information content (AvgIpc) is 2.80. The van der Waals surface area contributed by atoms with E-state index in [0.717, 1.165) is 26.1 Å². The molecule has 19 heavy (non-hydrogen) atoms. The minimum atomic E-state index is -0.297. The van der Waals surface area contributed by atoms with Crippen molar-refractivity contribution in [2.24, 2.45) is 5.92 Å². The molecule has 0 bridgehead atoms. The summed E-state index contributed by atoms with van der Waals surface area (Å²) in [6, 6.07) is 6.47. The molecule has 2 rings (SSSR count). The van der Waals surface area contributed by atoms with Gasteiger partial charge in [-0.2, -0.15) is 0 Å². The van der Waals surface area contributed by atoms with Crippen LogP contribution in [-0.2, 0) is 16.0 Å². The van der Waals surface area contributed by atoms with Crippen LogP contribution >= 0.6 is 0 Å². The molecule has 1 aromatic rings. The lowest BCUT2D eigenvalue weighted by molar-refractivity contribution is -0.119. The third-order valence-electron chi connectivity index (χ3n) is 3.52. The maximum atomic E-state index is 13.4. The van der Waals surface area contributed by atoms with Crippen LogP contribution in [0, 0.1) is 11.7 Å². The molecule has 1 fully saturated rings. The summed E-state index contributed by atoms with van der Waals surface area (Å²) in [5.74, 6) is 0.295. The molecule has 0 amide bonds. The van der Waals surface area contributed by atoms with Crippen LogP contribution in [0.4, 0.5) is 4.39 Å². The van der Waals surface area contributed by atoms with E-state index in [1.54, 1.807) is 25.3 Å². The number of carbonyl (C=O) groups excluding carboxylic acids is 1. The Kier molecular flexibility index (Phi) is 5.05. The second-order valence-electron chi connectivity index (χ2n) is 5.15. The molecule has 1 saturated heterocycles. The van der Waals surface area contributed by atoms with Gasteiger partial charge in [-0.15, -0.1) is 0 Å². The lowest BCUT2D eigenvalue weighted by Gasteiger charge is -2.15. The zero-order valence-corrected chi connectivity index (χ0v) is 11.3. The molecule has 0 aromatic heterocycles. The van der Waals surface area contributed by atoms with Gasteiger partial charge in [0.1, 0.15) is 5.82 Å². The lowest BCUT2D eigenvalue weighted by atomic mass is 10.1. The van der Waals surface area contributed by atoms with E-state index in [1.165, 1.54) is 6.07 Å². The van der Waals surface area contributed by atoms with Gasteiger partial charge < -0.3 is 4.74 Å². The molecule has 1 aliphatic rings. The van der Waals surface area contributed by atoms with Gasteiger partial charge in [-0.05, 0) is 30.5 Å². The number of methoxy groups -OCH3 is 1.